The topological polar surface area (TPSA) is 26.3 Å². The summed E-state index contributed by atoms with van der Waals surface area (Å²) in [4.78, 5) is 11.4. The highest BCUT2D eigenvalue weighted by atomic mass is 16.5. The second-order valence-corrected chi connectivity index (χ2v) is 7.55. The normalized spacial score (nSPS) is 20.0. The molecular formula is C22H34O2. The first-order valence-corrected chi connectivity index (χ1v) is 9.15. The van der Waals surface area contributed by atoms with E-state index in [1.54, 1.807) is 0 Å². The lowest BCUT2D eigenvalue weighted by molar-refractivity contribution is -0.143. The van der Waals surface area contributed by atoms with E-state index in [-0.39, 0.29) is 17.3 Å². The van der Waals surface area contributed by atoms with Crippen LogP contribution in [0.2, 0.25) is 0 Å². The average Bonchev–Trinajstić information content (AvgIpc) is 2.46. The van der Waals surface area contributed by atoms with Crippen LogP contribution in [0.3, 0.4) is 0 Å². The Labute approximate surface area is 148 Å². The van der Waals surface area contributed by atoms with Crippen LogP contribution in [0.5, 0.6) is 0 Å². The van der Waals surface area contributed by atoms with Crippen molar-refractivity contribution in [2.24, 2.45) is 11.3 Å². The van der Waals surface area contributed by atoms with E-state index in [1.165, 1.54) is 36.0 Å². The van der Waals surface area contributed by atoms with Crippen LogP contribution < -0.4 is 0 Å². The second-order valence-electron chi connectivity index (χ2n) is 7.55. The number of carbonyl (C=O) groups is 1. The lowest BCUT2D eigenvalue weighted by atomic mass is 9.72. The minimum atomic E-state index is -0.128. The monoisotopic (exact) mass is 330 g/mol. The number of ether oxygens (including phenoxy) is 1. The maximum atomic E-state index is 11.4. The van der Waals surface area contributed by atoms with Gasteiger partial charge in [0.1, 0.15) is 0 Å². The van der Waals surface area contributed by atoms with Crippen LogP contribution in [0, 0.1) is 11.3 Å². The Balaban J connectivity index is 2.63. The lowest BCUT2D eigenvalue weighted by Crippen LogP contribution is -2.19. The predicted octanol–water partition coefficient (Wildman–Crippen LogP) is 6.16. The molecule has 0 aliphatic heterocycles. The van der Waals surface area contributed by atoms with Crippen LogP contribution in [0.1, 0.15) is 67.2 Å². The van der Waals surface area contributed by atoms with Crippen molar-refractivity contribution >= 4 is 5.97 Å². The molecule has 0 aromatic heterocycles. The minimum absolute atomic E-state index is 0.128. The molecule has 1 aliphatic rings. The van der Waals surface area contributed by atoms with Crippen LogP contribution in [-0.2, 0) is 9.53 Å². The first kappa shape index (κ1) is 20.5. The first-order valence-electron chi connectivity index (χ1n) is 9.15. The van der Waals surface area contributed by atoms with Gasteiger partial charge in [0.05, 0.1) is 13.0 Å². The molecule has 1 unspecified atom stereocenters. The summed E-state index contributed by atoms with van der Waals surface area (Å²) in [6.45, 7) is 13.4. The van der Waals surface area contributed by atoms with Crippen LogP contribution in [0.25, 0.3) is 0 Å². The zero-order valence-electron chi connectivity index (χ0n) is 16.3. The molecule has 0 spiro atoms. The van der Waals surface area contributed by atoms with Crippen molar-refractivity contribution in [1.82, 2.24) is 0 Å². The molecule has 1 rings (SSSR count). The lowest BCUT2D eigenvalue weighted by Gasteiger charge is -2.32. The van der Waals surface area contributed by atoms with E-state index in [0.717, 1.165) is 0 Å². The van der Waals surface area contributed by atoms with Gasteiger partial charge in [-0.05, 0) is 56.9 Å². The summed E-state index contributed by atoms with van der Waals surface area (Å²) >= 11 is 0. The molecule has 1 aliphatic carbocycles. The van der Waals surface area contributed by atoms with Crippen molar-refractivity contribution in [2.75, 3.05) is 6.61 Å². The Hall–Kier alpha value is -1.57. The van der Waals surface area contributed by atoms with Gasteiger partial charge in [-0.2, -0.15) is 0 Å². The smallest absolute Gasteiger partial charge is 0.306 e. The Bertz CT molecular complexity index is 544. The zero-order valence-corrected chi connectivity index (χ0v) is 16.3. The Kier molecular flexibility index (Phi) is 8.24. The molecule has 2 nitrogen and oxygen atoms in total. The summed E-state index contributed by atoms with van der Waals surface area (Å²) in [5.74, 6) is 0.0662. The number of allylic oxidation sites excluding steroid dienone is 8. The molecule has 0 bridgehead atoms. The molecule has 2 heteroatoms. The van der Waals surface area contributed by atoms with E-state index in [2.05, 4.69) is 52.0 Å². The third-order valence-corrected chi connectivity index (χ3v) is 4.65. The van der Waals surface area contributed by atoms with Gasteiger partial charge < -0.3 is 4.74 Å². The van der Waals surface area contributed by atoms with Crippen molar-refractivity contribution < 1.29 is 9.53 Å². The molecule has 24 heavy (non-hydrogen) atoms. The summed E-state index contributed by atoms with van der Waals surface area (Å²) in [5.41, 5.74) is 4.51. The van der Waals surface area contributed by atoms with Gasteiger partial charge in [-0.15, -0.1) is 0 Å². The summed E-state index contributed by atoms with van der Waals surface area (Å²) < 4.78 is 4.97. The number of rotatable bonds is 7. The van der Waals surface area contributed by atoms with E-state index in [0.29, 0.717) is 13.0 Å². The molecule has 0 amide bonds. The third kappa shape index (κ3) is 6.90. The van der Waals surface area contributed by atoms with Crippen molar-refractivity contribution in [3.63, 3.8) is 0 Å². The number of esters is 1. The van der Waals surface area contributed by atoms with Crippen molar-refractivity contribution in [1.29, 1.82) is 0 Å². The van der Waals surface area contributed by atoms with Gasteiger partial charge in [-0.1, -0.05) is 62.3 Å². The van der Waals surface area contributed by atoms with E-state index >= 15 is 0 Å². The number of hydrogen-bond acceptors (Lipinski definition) is 2. The highest BCUT2D eigenvalue weighted by molar-refractivity contribution is 5.69. The average molecular weight is 331 g/mol. The van der Waals surface area contributed by atoms with Gasteiger partial charge in [0.2, 0.25) is 0 Å². The van der Waals surface area contributed by atoms with Crippen molar-refractivity contribution in [2.45, 2.75) is 67.2 Å². The van der Waals surface area contributed by atoms with E-state index < -0.39 is 0 Å². The molecule has 0 N–H and O–H groups in total. The van der Waals surface area contributed by atoms with Gasteiger partial charge in [0.15, 0.2) is 0 Å². The van der Waals surface area contributed by atoms with Crippen LogP contribution in [0.15, 0.2) is 47.1 Å². The maximum Gasteiger partial charge on any atom is 0.306 e. The maximum absolute atomic E-state index is 11.4. The summed E-state index contributed by atoms with van der Waals surface area (Å²) in [5, 5.41) is 0. The molecule has 0 aromatic carbocycles. The second kappa shape index (κ2) is 9.66. The van der Waals surface area contributed by atoms with Crippen LogP contribution in [-0.4, -0.2) is 12.6 Å². The van der Waals surface area contributed by atoms with Crippen molar-refractivity contribution in [3.8, 4) is 0 Å². The Morgan fingerprint density at radius 3 is 2.71 bits per heavy atom. The van der Waals surface area contributed by atoms with Gasteiger partial charge in [-0.3, -0.25) is 4.79 Å². The van der Waals surface area contributed by atoms with Gasteiger partial charge in [-0.25, -0.2) is 0 Å². The standard InChI is InChI=1S/C22H34O2/c1-7-24-21(23)16-18(3)11-8-10-17(2)13-14-20-19(4)12-9-15-22(20,5)6/h8,10-11,13-14,18H,7,9,12,15-16H2,1-6H3. The highest BCUT2D eigenvalue weighted by Crippen LogP contribution is 2.40. The molecule has 134 valence electrons. The third-order valence-electron chi connectivity index (χ3n) is 4.65. The fraction of sp³-hybridized carbons (Fsp3) is 0.591. The molecule has 0 fully saturated rings. The molecular weight excluding hydrogens is 296 g/mol. The molecule has 0 aromatic rings. The van der Waals surface area contributed by atoms with Crippen LogP contribution >= 0.6 is 0 Å². The zero-order chi connectivity index (χ0) is 18.2. The quantitative estimate of drug-likeness (QED) is 0.412. The minimum Gasteiger partial charge on any atom is -0.466 e. The van der Waals surface area contributed by atoms with Gasteiger partial charge in [0, 0.05) is 0 Å². The Morgan fingerprint density at radius 2 is 2.08 bits per heavy atom. The van der Waals surface area contributed by atoms with Crippen LogP contribution in [0.4, 0.5) is 0 Å². The fourth-order valence-corrected chi connectivity index (χ4v) is 3.23. The SMILES string of the molecule is CCOC(=O)CC(C)C=CC=C(C)C=CC1=C(C)CCCC1(C)C. The molecule has 1 atom stereocenters. The van der Waals surface area contributed by atoms with E-state index in [1.807, 2.05) is 19.9 Å². The van der Waals surface area contributed by atoms with Crippen molar-refractivity contribution in [3.05, 3.63) is 47.1 Å². The molecule has 0 radical (unpaired) electrons. The summed E-state index contributed by atoms with van der Waals surface area (Å²) in [6.07, 6.45) is 14.9. The Morgan fingerprint density at radius 1 is 1.38 bits per heavy atom. The predicted molar refractivity (Wildman–Crippen MR) is 103 cm³/mol. The highest BCUT2D eigenvalue weighted by Gasteiger charge is 2.26. The largest absolute Gasteiger partial charge is 0.466 e. The number of hydrogen-bond donors (Lipinski definition) is 0. The molecule has 0 heterocycles. The molecule has 0 saturated carbocycles. The molecule has 0 saturated heterocycles. The first-order chi connectivity index (χ1) is 11.3. The summed E-state index contributed by atoms with van der Waals surface area (Å²) in [7, 11) is 0. The fourth-order valence-electron chi connectivity index (χ4n) is 3.23. The van der Waals surface area contributed by atoms with Gasteiger partial charge >= 0.3 is 5.97 Å². The van der Waals surface area contributed by atoms with E-state index in [9.17, 15) is 4.79 Å². The van der Waals surface area contributed by atoms with E-state index in [4.69, 9.17) is 4.74 Å². The number of carbonyl (C=O) groups excluding carboxylic acids is 1. The summed E-state index contributed by atoms with van der Waals surface area (Å²) in [6, 6.07) is 0. The van der Waals surface area contributed by atoms with Gasteiger partial charge in [0.25, 0.3) is 0 Å².